The largest absolute Gasteiger partial charge is 0.313 e. The smallest absolute Gasteiger partial charge is 0.0205 e. The first kappa shape index (κ1) is 29.4. The molecular formula is C33H47N. The fourth-order valence-corrected chi connectivity index (χ4v) is 3.47. The van der Waals surface area contributed by atoms with Gasteiger partial charge in [0.25, 0.3) is 0 Å². The van der Waals surface area contributed by atoms with Gasteiger partial charge < -0.3 is 5.32 Å². The molecular weight excluding hydrogens is 410 g/mol. The summed E-state index contributed by atoms with van der Waals surface area (Å²) in [5, 5.41) is 3.40. The highest BCUT2D eigenvalue weighted by Gasteiger charge is 1.99. The Hall–Kier alpha value is -2.64. The van der Waals surface area contributed by atoms with E-state index in [0.717, 1.165) is 25.4 Å². The third-order valence-electron chi connectivity index (χ3n) is 5.67. The second kappa shape index (κ2) is 19.8. The van der Waals surface area contributed by atoms with E-state index in [0.29, 0.717) is 0 Å². The summed E-state index contributed by atoms with van der Waals surface area (Å²) in [6.45, 7) is 14.6. The second-order valence-corrected chi connectivity index (χ2v) is 9.18. The molecule has 1 nitrogen and oxygen atoms in total. The molecule has 1 N–H and O–H groups in total. The van der Waals surface area contributed by atoms with Gasteiger partial charge in [0, 0.05) is 6.54 Å². The SMILES string of the molecule is C=CCC(C)CCCc1ccccc1.CCCCNCc1ccccc1.Cc1ccc(C)cc1. The van der Waals surface area contributed by atoms with Gasteiger partial charge in [-0.25, -0.2) is 0 Å². The molecule has 0 amide bonds. The summed E-state index contributed by atoms with van der Waals surface area (Å²) in [7, 11) is 0. The van der Waals surface area contributed by atoms with Crippen molar-refractivity contribution in [1.29, 1.82) is 0 Å². The van der Waals surface area contributed by atoms with Crippen molar-refractivity contribution in [2.75, 3.05) is 6.54 Å². The van der Waals surface area contributed by atoms with Crippen LogP contribution >= 0.6 is 0 Å². The molecule has 1 heteroatoms. The zero-order chi connectivity index (χ0) is 24.9. The maximum absolute atomic E-state index is 3.77. The van der Waals surface area contributed by atoms with E-state index in [9.17, 15) is 0 Å². The fraction of sp³-hybridized carbons (Fsp3) is 0.394. The lowest BCUT2D eigenvalue weighted by Gasteiger charge is -2.07. The molecule has 0 bridgehead atoms. The maximum Gasteiger partial charge on any atom is 0.0205 e. The monoisotopic (exact) mass is 457 g/mol. The number of benzene rings is 3. The van der Waals surface area contributed by atoms with Gasteiger partial charge >= 0.3 is 0 Å². The van der Waals surface area contributed by atoms with Gasteiger partial charge in [-0.15, -0.1) is 6.58 Å². The van der Waals surface area contributed by atoms with Crippen LogP contribution in [-0.2, 0) is 13.0 Å². The van der Waals surface area contributed by atoms with Gasteiger partial charge in [-0.3, -0.25) is 0 Å². The van der Waals surface area contributed by atoms with Crippen LogP contribution < -0.4 is 5.32 Å². The molecule has 3 aromatic rings. The van der Waals surface area contributed by atoms with Gasteiger partial charge in [0.2, 0.25) is 0 Å². The van der Waals surface area contributed by atoms with E-state index >= 15 is 0 Å². The van der Waals surface area contributed by atoms with E-state index in [1.165, 1.54) is 54.4 Å². The molecule has 0 aliphatic carbocycles. The number of aryl methyl sites for hydroxylation is 3. The Balaban J connectivity index is 0.000000264. The zero-order valence-corrected chi connectivity index (χ0v) is 22.1. The zero-order valence-electron chi connectivity index (χ0n) is 22.1. The Morgan fingerprint density at radius 3 is 1.79 bits per heavy atom. The highest BCUT2D eigenvalue weighted by molar-refractivity contribution is 5.19. The summed E-state index contributed by atoms with van der Waals surface area (Å²) < 4.78 is 0. The van der Waals surface area contributed by atoms with Crippen LogP contribution in [0.3, 0.4) is 0 Å². The normalized spacial score (nSPS) is 10.8. The van der Waals surface area contributed by atoms with Gasteiger partial charge in [-0.05, 0) is 63.1 Å². The van der Waals surface area contributed by atoms with E-state index in [2.05, 4.69) is 125 Å². The van der Waals surface area contributed by atoms with Gasteiger partial charge in [-0.2, -0.15) is 0 Å². The molecule has 0 aliphatic heterocycles. The van der Waals surface area contributed by atoms with Crippen LogP contribution in [0.4, 0.5) is 0 Å². The molecule has 1 unspecified atom stereocenters. The molecule has 0 aliphatic rings. The predicted octanol–water partition coefficient (Wildman–Crippen LogP) is 9.10. The Morgan fingerprint density at radius 2 is 1.29 bits per heavy atom. The fourth-order valence-electron chi connectivity index (χ4n) is 3.47. The van der Waals surface area contributed by atoms with Crippen LogP contribution in [0.2, 0.25) is 0 Å². The van der Waals surface area contributed by atoms with E-state index in [1.54, 1.807) is 0 Å². The number of allylic oxidation sites excluding steroid dienone is 1. The highest BCUT2D eigenvalue weighted by atomic mass is 14.8. The molecule has 0 saturated carbocycles. The standard InChI is InChI=1S/C14H20.C11H17N.C8H10/c1-3-8-13(2)9-7-12-14-10-5-4-6-11-14;1-2-3-9-12-10-11-7-5-4-6-8-11;1-7-3-5-8(2)6-4-7/h3-6,10-11,13H,1,7-9,12H2,2H3;4-8,12H,2-3,9-10H2,1H3;3-6H,1-2H3. The molecule has 0 fully saturated rings. The third kappa shape index (κ3) is 16.0. The molecule has 3 rings (SSSR count). The van der Waals surface area contributed by atoms with Crippen molar-refractivity contribution in [3.05, 3.63) is 120 Å². The first-order valence-electron chi connectivity index (χ1n) is 13.0. The van der Waals surface area contributed by atoms with Gasteiger partial charge in [0.1, 0.15) is 0 Å². The van der Waals surface area contributed by atoms with Crippen molar-refractivity contribution in [2.24, 2.45) is 5.92 Å². The quantitative estimate of drug-likeness (QED) is 0.223. The van der Waals surface area contributed by atoms with Crippen molar-refractivity contribution in [3.63, 3.8) is 0 Å². The Kier molecular flexibility index (Phi) is 17.1. The molecule has 34 heavy (non-hydrogen) atoms. The van der Waals surface area contributed by atoms with Crippen LogP contribution in [0.25, 0.3) is 0 Å². The van der Waals surface area contributed by atoms with Crippen LogP contribution in [-0.4, -0.2) is 6.54 Å². The maximum atomic E-state index is 3.77. The van der Waals surface area contributed by atoms with Crippen molar-refractivity contribution in [1.82, 2.24) is 5.32 Å². The van der Waals surface area contributed by atoms with Crippen LogP contribution in [0, 0.1) is 19.8 Å². The van der Waals surface area contributed by atoms with Crippen molar-refractivity contribution >= 4 is 0 Å². The lowest BCUT2D eigenvalue weighted by molar-refractivity contribution is 0.517. The molecule has 3 aromatic carbocycles. The number of hydrogen-bond acceptors (Lipinski definition) is 1. The van der Waals surface area contributed by atoms with Gasteiger partial charge in [0.05, 0.1) is 0 Å². The summed E-state index contributed by atoms with van der Waals surface area (Å²) in [4.78, 5) is 0. The molecule has 0 aromatic heterocycles. The Morgan fingerprint density at radius 1 is 0.765 bits per heavy atom. The summed E-state index contributed by atoms with van der Waals surface area (Å²) in [5.74, 6) is 0.788. The van der Waals surface area contributed by atoms with E-state index in [4.69, 9.17) is 0 Å². The average molecular weight is 458 g/mol. The Bertz CT molecular complexity index is 816. The molecule has 0 radical (unpaired) electrons. The lowest BCUT2D eigenvalue weighted by atomic mass is 9.98. The van der Waals surface area contributed by atoms with Crippen molar-refractivity contribution < 1.29 is 0 Å². The van der Waals surface area contributed by atoms with E-state index in [-0.39, 0.29) is 0 Å². The molecule has 0 spiro atoms. The molecule has 1 atom stereocenters. The Labute approximate surface area is 210 Å². The number of hydrogen-bond donors (Lipinski definition) is 1. The molecule has 0 heterocycles. The average Bonchev–Trinajstić information content (AvgIpc) is 2.86. The van der Waals surface area contributed by atoms with Gasteiger partial charge in [0.15, 0.2) is 0 Å². The number of rotatable bonds is 11. The first-order valence-corrected chi connectivity index (χ1v) is 13.0. The second-order valence-electron chi connectivity index (χ2n) is 9.18. The van der Waals surface area contributed by atoms with Crippen LogP contribution in [0.15, 0.2) is 97.6 Å². The van der Waals surface area contributed by atoms with Crippen LogP contribution in [0.1, 0.15) is 68.2 Å². The minimum atomic E-state index is 0.788. The van der Waals surface area contributed by atoms with Crippen LogP contribution in [0.5, 0.6) is 0 Å². The van der Waals surface area contributed by atoms with E-state index in [1.807, 2.05) is 6.08 Å². The highest BCUT2D eigenvalue weighted by Crippen LogP contribution is 2.13. The number of unbranched alkanes of at least 4 members (excludes halogenated alkanes) is 1. The minimum absolute atomic E-state index is 0.788. The predicted molar refractivity (Wildman–Crippen MR) is 152 cm³/mol. The van der Waals surface area contributed by atoms with Crippen molar-refractivity contribution in [2.45, 2.75) is 72.8 Å². The summed E-state index contributed by atoms with van der Waals surface area (Å²) >= 11 is 0. The summed E-state index contributed by atoms with van der Waals surface area (Å²) in [5.41, 5.74) is 5.48. The summed E-state index contributed by atoms with van der Waals surface area (Å²) in [6.07, 6.45) is 9.51. The third-order valence-corrected chi connectivity index (χ3v) is 5.67. The molecule has 0 saturated heterocycles. The summed E-state index contributed by atoms with van der Waals surface area (Å²) in [6, 6.07) is 29.7. The van der Waals surface area contributed by atoms with Gasteiger partial charge in [-0.1, -0.05) is 129 Å². The topological polar surface area (TPSA) is 12.0 Å². The molecule has 184 valence electrons. The first-order chi connectivity index (χ1) is 16.5. The lowest BCUT2D eigenvalue weighted by Crippen LogP contribution is -2.14. The number of nitrogens with one attached hydrogen (secondary N) is 1. The minimum Gasteiger partial charge on any atom is -0.313 e. The van der Waals surface area contributed by atoms with E-state index < -0.39 is 0 Å². The van der Waals surface area contributed by atoms with Crippen molar-refractivity contribution in [3.8, 4) is 0 Å².